The van der Waals surface area contributed by atoms with E-state index in [0.717, 1.165) is 48.1 Å². The number of nitrogens with one attached hydrogen (secondary N) is 2. The number of carbonyl (C=O) groups excluding carboxylic acids is 1. The van der Waals surface area contributed by atoms with E-state index in [4.69, 9.17) is 4.74 Å². The number of anilines is 1. The van der Waals surface area contributed by atoms with E-state index in [1.807, 2.05) is 18.2 Å². The smallest absolute Gasteiger partial charge is 0.230 e. The van der Waals surface area contributed by atoms with Crippen molar-refractivity contribution in [2.24, 2.45) is 5.41 Å². The number of ether oxygens (including phenoxy) is 1. The van der Waals surface area contributed by atoms with Crippen molar-refractivity contribution in [2.45, 2.75) is 32.8 Å². The zero-order valence-electron chi connectivity index (χ0n) is 12.7. The van der Waals surface area contributed by atoms with Gasteiger partial charge in [-0.1, -0.05) is 28.9 Å². The summed E-state index contributed by atoms with van der Waals surface area (Å²) in [6.07, 6.45) is 2.65. The van der Waals surface area contributed by atoms with Crippen molar-refractivity contribution in [3.05, 3.63) is 28.2 Å². The molecule has 2 rings (SSSR count). The second kappa shape index (κ2) is 7.38. The molecule has 1 aromatic rings. The van der Waals surface area contributed by atoms with Crippen LogP contribution in [0.3, 0.4) is 0 Å². The normalized spacial score (nSPS) is 17.5. The van der Waals surface area contributed by atoms with Crippen LogP contribution in [0.25, 0.3) is 0 Å². The maximum absolute atomic E-state index is 12.8. The molecule has 4 nitrogen and oxygen atoms in total. The summed E-state index contributed by atoms with van der Waals surface area (Å²) in [4.78, 5) is 12.8. The van der Waals surface area contributed by atoms with Crippen LogP contribution in [0.1, 0.15) is 31.7 Å². The number of rotatable bonds is 5. The first-order valence-corrected chi connectivity index (χ1v) is 8.21. The van der Waals surface area contributed by atoms with E-state index in [0.29, 0.717) is 6.61 Å². The Kier molecular flexibility index (Phi) is 5.79. The minimum atomic E-state index is -0.252. The monoisotopic (exact) mass is 354 g/mol. The highest BCUT2D eigenvalue weighted by Gasteiger charge is 2.37. The van der Waals surface area contributed by atoms with Gasteiger partial charge in [-0.25, -0.2) is 0 Å². The number of hydrogen-bond acceptors (Lipinski definition) is 3. The van der Waals surface area contributed by atoms with Crippen LogP contribution in [-0.4, -0.2) is 26.1 Å². The molecule has 0 bridgehead atoms. The fourth-order valence-corrected chi connectivity index (χ4v) is 3.35. The van der Waals surface area contributed by atoms with Crippen molar-refractivity contribution in [3.63, 3.8) is 0 Å². The van der Waals surface area contributed by atoms with Gasteiger partial charge in [-0.3, -0.25) is 4.79 Å². The first-order chi connectivity index (χ1) is 10.1. The summed E-state index contributed by atoms with van der Waals surface area (Å²) in [5.41, 5.74) is 1.56. The summed E-state index contributed by atoms with van der Waals surface area (Å²) in [7, 11) is 1.66. The zero-order valence-corrected chi connectivity index (χ0v) is 14.3. The molecule has 0 aliphatic carbocycles. The van der Waals surface area contributed by atoms with Gasteiger partial charge in [0, 0.05) is 22.8 Å². The molecular formula is C16H23BrN2O2. The zero-order chi connectivity index (χ0) is 15.3. The van der Waals surface area contributed by atoms with E-state index >= 15 is 0 Å². The lowest BCUT2D eigenvalue weighted by Gasteiger charge is -2.35. The molecule has 0 radical (unpaired) electrons. The van der Waals surface area contributed by atoms with Crippen LogP contribution in [-0.2, 0) is 16.1 Å². The van der Waals surface area contributed by atoms with Crippen molar-refractivity contribution in [1.82, 2.24) is 5.32 Å². The van der Waals surface area contributed by atoms with E-state index in [-0.39, 0.29) is 11.3 Å². The van der Waals surface area contributed by atoms with Gasteiger partial charge in [0.2, 0.25) is 5.91 Å². The highest BCUT2D eigenvalue weighted by molar-refractivity contribution is 9.10. The Labute approximate surface area is 134 Å². The summed E-state index contributed by atoms with van der Waals surface area (Å²) in [5.74, 6) is 0.127. The summed E-state index contributed by atoms with van der Waals surface area (Å²) in [6.45, 7) is 4.38. The molecule has 0 atom stereocenters. The Balaban J connectivity index is 2.20. The molecule has 1 aliphatic heterocycles. The van der Waals surface area contributed by atoms with Crippen molar-refractivity contribution in [1.29, 1.82) is 0 Å². The van der Waals surface area contributed by atoms with Crippen LogP contribution in [0, 0.1) is 5.41 Å². The summed E-state index contributed by atoms with van der Waals surface area (Å²) in [5, 5.41) is 6.45. The quantitative estimate of drug-likeness (QED) is 0.852. The highest BCUT2D eigenvalue weighted by Crippen LogP contribution is 2.35. The maximum Gasteiger partial charge on any atom is 0.230 e. The van der Waals surface area contributed by atoms with Crippen molar-refractivity contribution < 1.29 is 9.53 Å². The Morgan fingerprint density at radius 2 is 2.14 bits per heavy atom. The first-order valence-electron chi connectivity index (χ1n) is 7.41. The average Bonchev–Trinajstić information content (AvgIpc) is 2.51. The lowest BCUT2D eigenvalue weighted by molar-refractivity contribution is -0.127. The number of methoxy groups -OCH3 is 1. The predicted molar refractivity (Wildman–Crippen MR) is 88.3 cm³/mol. The predicted octanol–water partition coefficient (Wildman–Crippen LogP) is 3.31. The molecule has 1 fully saturated rings. The fourth-order valence-electron chi connectivity index (χ4n) is 2.87. The molecule has 1 saturated heterocycles. The topological polar surface area (TPSA) is 50.4 Å². The lowest BCUT2D eigenvalue weighted by Crippen LogP contribution is -2.44. The fraction of sp³-hybridized carbons (Fsp3) is 0.562. The maximum atomic E-state index is 12.8. The van der Waals surface area contributed by atoms with Gasteiger partial charge in [0.05, 0.1) is 12.0 Å². The van der Waals surface area contributed by atoms with Crippen molar-refractivity contribution in [2.75, 3.05) is 25.5 Å². The molecule has 0 unspecified atom stereocenters. The van der Waals surface area contributed by atoms with Gasteiger partial charge in [0.15, 0.2) is 0 Å². The molecule has 5 heteroatoms. The standard InChI is InChI=1S/C16H23BrN2O2/c1-3-16(7-9-18-10-8-16)15(20)19-14-6-4-5-13(17)12(14)11-21-2/h4-6,18H,3,7-11H2,1-2H3,(H,19,20). The molecule has 1 heterocycles. The molecule has 0 spiro atoms. The molecule has 1 aromatic carbocycles. The van der Waals surface area contributed by atoms with Gasteiger partial charge in [0.25, 0.3) is 0 Å². The summed E-state index contributed by atoms with van der Waals surface area (Å²) >= 11 is 3.52. The first kappa shape index (κ1) is 16.5. The number of piperidine rings is 1. The van der Waals surface area contributed by atoms with Crippen LogP contribution < -0.4 is 10.6 Å². The Hall–Kier alpha value is -0.910. The van der Waals surface area contributed by atoms with Crippen LogP contribution in [0.5, 0.6) is 0 Å². The third-order valence-corrected chi connectivity index (χ3v) is 5.12. The number of halogens is 1. The van der Waals surface area contributed by atoms with Gasteiger partial charge in [-0.15, -0.1) is 0 Å². The Morgan fingerprint density at radius 3 is 2.76 bits per heavy atom. The van der Waals surface area contributed by atoms with Gasteiger partial charge in [0.1, 0.15) is 0 Å². The van der Waals surface area contributed by atoms with Crippen LogP contribution in [0.4, 0.5) is 5.69 Å². The average molecular weight is 355 g/mol. The number of amides is 1. The molecule has 21 heavy (non-hydrogen) atoms. The van der Waals surface area contributed by atoms with Crippen LogP contribution in [0.15, 0.2) is 22.7 Å². The molecular weight excluding hydrogens is 332 g/mol. The third kappa shape index (κ3) is 3.65. The van der Waals surface area contributed by atoms with Gasteiger partial charge < -0.3 is 15.4 Å². The van der Waals surface area contributed by atoms with E-state index < -0.39 is 0 Å². The van der Waals surface area contributed by atoms with E-state index in [1.54, 1.807) is 7.11 Å². The Morgan fingerprint density at radius 1 is 1.43 bits per heavy atom. The largest absolute Gasteiger partial charge is 0.380 e. The summed E-state index contributed by atoms with van der Waals surface area (Å²) < 4.78 is 6.19. The van der Waals surface area contributed by atoms with Crippen molar-refractivity contribution >= 4 is 27.5 Å². The third-order valence-electron chi connectivity index (χ3n) is 4.37. The van der Waals surface area contributed by atoms with Gasteiger partial charge in [-0.2, -0.15) is 0 Å². The molecule has 116 valence electrons. The van der Waals surface area contributed by atoms with E-state index in [1.165, 1.54) is 0 Å². The minimum absolute atomic E-state index is 0.127. The van der Waals surface area contributed by atoms with Crippen LogP contribution in [0.2, 0.25) is 0 Å². The molecule has 2 N–H and O–H groups in total. The van der Waals surface area contributed by atoms with E-state index in [9.17, 15) is 4.79 Å². The highest BCUT2D eigenvalue weighted by atomic mass is 79.9. The summed E-state index contributed by atoms with van der Waals surface area (Å²) in [6, 6.07) is 5.82. The van der Waals surface area contributed by atoms with E-state index in [2.05, 4.69) is 33.5 Å². The van der Waals surface area contributed by atoms with Crippen molar-refractivity contribution in [3.8, 4) is 0 Å². The number of benzene rings is 1. The Bertz CT molecular complexity index is 499. The van der Waals surface area contributed by atoms with Crippen LogP contribution >= 0.6 is 15.9 Å². The number of hydrogen-bond donors (Lipinski definition) is 2. The SMILES string of the molecule is CCC1(C(=O)Nc2cccc(Br)c2COC)CCNCC1. The molecule has 1 aliphatic rings. The van der Waals surface area contributed by atoms with Gasteiger partial charge in [-0.05, 0) is 44.5 Å². The second-order valence-corrected chi connectivity index (χ2v) is 6.39. The molecule has 1 amide bonds. The minimum Gasteiger partial charge on any atom is -0.380 e. The lowest BCUT2D eigenvalue weighted by atomic mass is 9.76. The van der Waals surface area contributed by atoms with Gasteiger partial charge >= 0.3 is 0 Å². The number of carbonyl (C=O) groups is 1. The second-order valence-electron chi connectivity index (χ2n) is 5.54. The molecule has 0 aromatic heterocycles. The molecule has 0 saturated carbocycles.